The second-order valence-electron chi connectivity index (χ2n) is 6.81. The Kier molecular flexibility index (Phi) is 5.08. The molecule has 6 heteroatoms. The number of aromatic nitrogens is 1. The summed E-state index contributed by atoms with van der Waals surface area (Å²) in [4.78, 5) is 27.5. The molecule has 0 saturated heterocycles. The Morgan fingerprint density at radius 3 is 2.48 bits per heavy atom. The van der Waals surface area contributed by atoms with Gasteiger partial charge in [0.25, 0.3) is 0 Å². The maximum atomic E-state index is 13.9. The van der Waals surface area contributed by atoms with Crippen molar-refractivity contribution in [2.75, 3.05) is 0 Å². The maximum Gasteiger partial charge on any atom is 0.311 e. The van der Waals surface area contributed by atoms with Gasteiger partial charge in [-0.05, 0) is 35.2 Å². The molecule has 1 unspecified atom stereocenters. The van der Waals surface area contributed by atoms with Crippen LogP contribution in [0.2, 0.25) is 0 Å². The molecule has 1 atom stereocenters. The van der Waals surface area contributed by atoms with Gasteiger partial charge in [-0.1, -0.05) is 26.0 Å². The van der Waals surface area contributed by atoms with E-state index in [1.807, 2.05) is 32.0 Å². The predicted octanol–water partition coefficient (Wildman–Crippen LogP) is 5.01. The minimum atomic E-state index is -1.18. The van der Waals surface area contributed by atoms with Crippen molar-refractivity contribution in [2.24, 2.45) is 0 Å². The van der Waals surface area contributed by atoms with E-state index in [9.17, 15) is 23.5 Å². The number of rotatable bonds is 6. The molecule has 0 aliphatic carbocycles. The first-order valence-electron chi connectivity index (χ1n) is 8.60. The molecule has 0 radical (unpaired) electrons. The van der Waals surface area contributed by atoms with Crippen LogP contribution in [0.4, 0.5) is 8.78 Å². The Bertz CT molecular complexity index is 1020. The van der Waals surface area contributed by atoms with E-state index in [-0.39, 0.29) is 11.5 Å². The van der Waals surface area contributed by atoms with Crippen molar-refractivity contribution in [2.45, 2.75) is 32.1 Å². The topological polar surface area (TPSA) is 70.2 Å². The van der Waals surface area contributed by atoms with Crippen molar-refractivity contribution in [3.63, 3.8) is 0 Å². The van der Waals surface area contributed by atoms with Crippen molar-refractivity contribution in [3.8, 4) is 0 Å². The van der Waals surface area contributed by atoms with Crippen LogP contribution in [0.25, 0.3) is 10.9 Å². The fourth-order valence-corrected chi connectivity index (χ4v) is 3.34. The Labute approximate surface area is 154 Å². The zero-order valence-electron chi connectivity index (χ0n) is 14.9. The lowest BCUT2D eigenvalue weighted by atomic mass is 9.88. The van der Waals surface area contributed by atoms with Crippen LogP contribution in [-0.4, -0.2) is 21.8 Å². The van der Waals surface area contributed by atoms with Gasteiger partial charge in [-0.3, -0.25) is 9.59 Å². The predicted molar refractivity (Wildman–Crippen MR) is 98.1 cm³/mol. The lowest BCUT2D eigenvalue weighted by molar-refractivity contribution is -0.138. The van der Waals surface area contributed by atoms with Gasteiger partial charge in [0.1, 0.15) is 11.6 Å². The van der Waals surface area contributed by atoms with Gasteiger partial charge in [0, 0.05) is 29.6 Å². The number of H-pyrrole nitrogens is 1. The molecule has 0 bridgehead atoms. The van der Waals surface area contributed by atoms with Crippen molar-refractivity contribution in [1.29, 1.82) is 0 Å². The number of nitrogens with one attached hydrogen (secondary N) is 1. The van der Waals surface area contributed by atoms with Gasteiger partial charge in [0.15, 0.2) is 5.78 Å². The number of halogens is 2. The van der Waals surface area contributed by atoms with Gasteiger partial charge >= 0.3 is 5.97 Å². The molecular formula is C21H19F2NO3. The highest BCUT2D eigenvalue weighted by atomic mass is 19.1. The summed E-state index contributed by atoms with van der Waals surface area (Å²) < 4.78 is 27.0. The molecule has 2 N–H and O–H groups in total. The zero-order valence-corrected chi connectivity index (χ0v) is 14.9. The summed E-state index contributed by atoms with van der Waals surface area (Å²) in [7, 11) is 0. The highest BCUT2D eigenvalue weighted by molar-refractivity contribution is 6.01. The van der Waals surface area contributed by atoms with Crippen LogP contribution in [0.5, 0.6) is 0 Å². The van der Waals surface area contributed by atoms with Crippen LogP contribution >= 0.6 is 0 Å². The number of carboxylic acid groups (broad SMARTS) is 1. The van der Waals surface area contributed by atoms with Crippen LogP contribution < -0.4 is 0 Å². The lowest BCUT2D eigenvalue weighted by Gasteiger charge is -2.15. The van der Waals surface area contributed by atoms with E-state index in [2.05, 4.69) is 4.98 Å². The summed E-state index contributed by atoms with van der Waals surface area (Å²) in [5.41, 5.74) is 1.92. The van der Waals surface area contributed by atoms with E-state index in [4.69, 9.17) is 0 Å². The van der Waals surface area contributed by atoms with Crippen LogP contribution in [0.3, 0.4) is 0 Å². The maximum absolute atomic E-state index is 13.9. The summed E-state index contributed by atoms with van der Waals surface area (Å²) in [6.07, 6.45) is 1.17. The average molecular weight is 371 g/mol. The Morgan fingerprint density at radius 2 is 1.85 bits per heavy atom. The molecule has 0 amide bonds. The number of hydrogen-bond acceptors (Lipinski definition) is 2. The van der Waals surface area contributed by atoms with Crippen molar-refractivity contribution >= 4 is 22.7 Å². The second kappa shape index (κ2) is 7.31. The summed E-state index contributed by atoms with van der Waals surface area (Å²) in [5.74, 6) is -4.64. The molecule has 0 saturated carbocycles. The van der Waals surface area contributed by atoms with E-state index in [1.165, 1.54) is 0 Å². The molecule has 3 rings (SSSR count). The van der Waals surface area contributed by atoms with Gasteiger partial charge in [-0.25, -0.2) is 8.78 Å². The van der Waals surface area contributed by atoms with Gasteiger partial charge in [0.2, 0.25) is 0 Å². The first-order valence-corrected chi connectivity index (χ1v) is 8.60. The number of aromatic amines is 1. The zero-order chi connectivity index (χ0) is 19.7. The Morgan fingerprint density at radius 1 is 1.11 bits per heavy atom. The van der Waals surface area contributed by atoms with Crippen LogP contribution in [0.1, 0.15) is 53.6 Å². The van der Waals surface area contributed by atoms with Gasteiger partial charge in [-0.2, -0.15) is 0 Å². The van der Waals surface area contributed by atoms with E-state index < -0.39 is 35.7 Å². The molecule has 4 nitrogen and oxygen atoms in total. The molecular weight excluding hydrogens is 352 g/mol. The Hall–Kier alpha value is -3.02. The molecule has 27 heavy (non-hydrogen) atoms. The molecule has 1 aromatic heterocycles. The molecule has 2 aromatic carbocycles. The van der Waals surface area contributed by atoms with E-state index in [0.29, 0.717) is 11.6 Å². The normalized spacial score (nSPS) is 12.5. The molecule has 0 aliphatic rings. The largest absolute Gasteiger partial charge is 0.481 e. The minimum absolute atomic E-state index is 0.155. The van der Waals surface area contributed by atoms with E-state index in [0.717, 1.165) is 28.6 Å². The highest BCUT2D eigenvalue weighted by Crippen LogP contribution is 2.34. The van der Waals surface area contributed by atoms with E-state index >= 15 is 0 Å². The fraction of sp³-hybridized carbons (Fsp3) is 0.238. The number of hydrogen-bond donors (Lipinski definition) is 2. The molecule has 3 aromatic rings. The number of Topliss-reactive ketones (excluding diaryl/α,β-unsaturated/α-hetero) is 1. The van der Waals surface area contributed by atoms with Crippen LogP contribution in [0.15, 0.2) is 42.6 Å². The summed E-state index contributed by atoms with van der Waals surface area (Å²) in [6, 6.07) is 8.28. The summed E-state index contributed by atoms with van der Waals surface area (Å²) >= 11 is 0. The van der Waals surface area contributed by atoms with Crippen LogP contribution in [0, 0.1) is 11.6 Å². The molecule has 1 heterocycles. The monoisotopic (exact) mass is 371 g/mol. The third-order valence-electron chi connectivity index (χ3n) is 4.69. The van der Waals surface area contributed by atoms with Gasteiger partial charge in [-0.15, -0.1) is 0 Å². The highest BCUT2D eigenvalue weighted by Gasteiger charge is 2.28. The summed E-state index contributed by atoms with van der Waals surface area (Å²) in [6.45, 7) is 4.00. The van der Waals surface area contributed by atoms with Gasteiger partial charge in [0.05, 0.1) is 11.5 Å². The third kappa shape index (κ3) is 3.60. The van der Waals surface area contributed by atoms with Gasteiger partial charge < -0.3 is 10.1 Å². The van der Waals surface area contributed by atoms with Crippen molar-refractivity contribution in [1.82, 2.24) is 4.98 Å². The van der Waals surface area contributed by atoms with Crippen molar-refractivity contribution in [3.05, 3.63) is 70.9 Å². The SMILES string of the molecule is CC(C)c1cccc2[nH]cc(C(CC(=O)c3ccc(F)cc3F)C(=O)O)c12. The molecule has 0 spiro atoms. The number of carboxylic acids is 1. The molecule has 0 aliphatic heterocycles. The fourth-order valence-electron chi connectivity index (χ4n) is 3.34. The summed E-state index contributed by atoms with van der Waals surface area (Å²) in [5, 5.41) is 10.5. The number of carbonyl (C=O) groups is 2. The standard InChI is InChI=1S/C21H19F2NO3/c1-11(2)13-4-3-5-18-20(13)16(10-24-18)15(21(26)27)9-19(25)14-7-6-12(22)8-17(14)23/h3-8,10-11,15,24H,9H2,1-2H3,(H,26,27). The van der Waals surface area contributed by atoms with E-state index in [1.54, 1.807) is 6.20 Å². The number of carbonyl (C=O) groups excluding carboxylic acids is 1. The first kappa shape index (κ1) is 18.8. The average Bonchev–Trinajstić information content (AvgIpc) is 3.02. The second-order valence-corrected chi connectivity index (χ2v) is 6.81. The van der Waals surface area contributed by atoms with Crippen LogP contribution in [-0.2, 0) is 4.79 Å². The number of aliphatic carboxylic acids is 1. The molecule has 140 valence electrons. The minimum Gasteiger partial charge on any atom is -0.481 e. The smallest absolute Gasteiger partial charge is 0.311 e. The number of fused-ring (bicyclic) bond motifs is 1. The number of ketones is 1. The third-order valence-corrected chi connectivity index (χ3v) is 4.69. The first-order chi connectivity index (χ1) is 12.8. The number of benzene rings is 2. The Balaban J connectivity index is 2.03. The lowest BCUT2D eigenvalue weighted by Crippen LogP contribution is -2.17. The quantitative estimate of drug-likeness (QED) is 0.598. The molecule has 0 fully saturated rings. The van der Waals surface area contributed by atoms with Crippen molar-refractivity contribution < 1.29 is 23.5 Å².